The average Bonchev–Trinajstić information content (AvgIpc) is 2.69. The number of hydrogen-bond donors (Lipinski definition) is 1. The van der Waals surface area contributed by atoms with Gasteiger partial charge in [-0.25, -0.2) is 0 Å². The summed E-state index contributed by atoms with van der Waals surface area (Å²) in [5.74, 6) is 0.764. The molecule has 2 rings (SSSR count). The minimum absolute atomic E-state index is 0.194. The molecule has 1 aromatic rings. The molecule has 1 aromatic heterocycles. The third-order valence-electron chi connectivity index (χ3n) is 3.95. The van der Waals surface area contributed by atoms with Gasteiger partial charge in [0.15, 0.2) is 0 Å². The van der Waals surface area contributed by atoms with Crippen molar-refractivity contribution >= 4 is 17.2 Å². The highest BCUT2D eigenvalue weighted by molar-refractivity contribution is 7.14. The molecule has 0 bridgehead atoms. The van der Waals surface area contributed by atoms with Crippen LogP contribution in [-0.2, 0) is 0 Å². The third-order valence-corrected chi connectivity index (χ3v) is 5.09. The minimum atomic E-state index is 0.194. The van der Waals surface area contributed by atoms with Crippen LogP contribution in [0, 0.1) is 19.8 Å². The van der Waals surface area contributed by atoms with E-state index >= 15 is 0 Å². The molecular weight excluding hydrogens is 244 g/mol. The van der Waals surface area contributed by atoms with Crippen LogP contribution in [0.5, 0.6) is 0 Å². The zero-order valence-electron chi connectivity index (χ0n) is 11.4. The van der Waals surface area contributed by atoms with E-state index in [0.717, 1.165) is 30.8 Å². The summed E-state index contributed by atoms with van der Waals surface area (Å²) in [5.41, 5.74) is 7.14. The molecule has 3 nitrogen and oxygen atoms in total. The van der Waals surface area contributed by atoms with Crippen molar-refractivity contribution in [3.8, 4) is 0 Å². The van der Waals surface area contributed by atoms with Gasteiger partial charge in [0, 0.05) is 24.0 Å². The third kappa shape index (κ3) is 2.75. The Kier molecular flexibility index (Phi) is 4.07. The number of amides is 1. The van der Waals surface area contributed by atoms with E-state index in [1.165, 1.54) is 10.4 Å². The minimum Gasteiger partial charge on any atom is -0.338 e. The number of nitrogens with zero attached hydrogens (tertiary/aromatic N) is 1. The van der Waals surface area contributed by atoms with Crippen LogP contribution in [0.2, 0.25) is 0 Å². The molecule has 1 aliphatic heterocycles. The molecule has 18 heavy (non-hydrogen) atoms. The first-order valence-corrected chi connectivity index (χ1v) is 7.42. The van der Waals surface area contributed by atoms with Crippen molar-refractivity contribution in [1.82, 2.24) is 4.90 Å². The molecule has 1 unspecified atom stereocenters. The molecule has 0 aromatic carbocycles. The Morgan fingerprint density at radius 3 is 2.50 bits per heavy atom. The van der Waals surface area contributed by atoms with Gasteiger partial charge in [-0.1, -0.05) is 0 Å². The highest BCUT2D eigenvalue weighted by Gasteiger charge is 2.26. The first-order chi connectivity index (χ1) is 8.49. The molecule has 1 atom stereocenters. The SMILES string of the molecule is Cc1cc(C(=O)N2CCC(C(C)N)CC2)sc1C. The van der Waals surface area contributed by atoms with Crippen molar-refractivity contribution in [2.45, 2.75) is 39.7 Å². The molecule has 4 heteroatoms. The lowest BCUT2D eigenvalue weighted by Crippen LogP contribution is -2.42. The lowest BCUT2D eigenvalue weighted by Gasteiger charge is -2.33. The van der Waals surface area contributed by atoms with Crippen LogP contribution in [0.25, 0.3) is 0 Å². The number of aryl methyl sites for hydroxylation is 2. The van der Waals surface area contributed by atoms with Gasteiger partial charge < -0.3 is 10.6 Å². The van der Waals surface area contributed by atoms with Crippen LogP contribution in [-0.4, -0.2) is 29.9 Å². The first-order valence-electron chi connectivity index (χ1n) is 6.61. The topological polar surface area (TPSA) is 46.3 Å². The quantitative estimate of drug-likeness (QED) is 0.894. The van der Waals surface area contributed by atoms with Crippen LogP contribution in [0.15, 0.2) is 6.07 Å². The Bertz CT molecular complexity index is 412. The molecule has 1 amide bonds. The first kappa shape index (κ1) is 13.6. The van der Waals surface area contributed by atoms with Crippen molar-refractivity contribution in [3.05, 3.63) is 21.4 Å². The van der Waals surface area contributed by atoms with E-state index in [9.17, 15) is 4.79 Å². The molecule has 0 saturated carbocycles. The summed E-state index contributed by atoms with van der Waals surface area (Å²) >= 11 is 1.61. The van der Waals surface area contributed by atoms with Gasteiger partial charge in [0.1, 0.15) is 0 Å². The molecule has 2 N–H and O–H groups in total. The standard InChI is InChI=1S/C14H22N2OS/c1-9-8-13(18-11(9)3)14(17)16-6-4-12(5-7-16)10(2)15/h8,10,12H,4-7,15H2,1-3H3. The van der Waals surface area contributed by atoms with Gasteiger partial charge in [0.25, 0.3) is 5.91 Å². The van der Waals surface area contributed by atoms with E-state index < -0.39 is 0 Å². The van der Waals surface area contributed by atoms with E-state index in [4.69, 9.17) is 5.73 Å². The molecule has 0 spiro atoms. The lowest BCUT2D eigenvalue weighted by atomic mass is 9.91. The van der Waals surface area contributed by atoms with Crippen molar-refractivity contribution < 1.29 is 4.79 Å². The van der Waals surface area contributed by atoms with Crippen LogP contribution < -0.4 is 5.73 Å². The van der Waals surface area contributed by atoms with Gasteiger partial charge in [-0.3, -0.25) is 4.79 Å². The predicted octanol–water partition coefficient (Wildman–Crippen LogP) is 2.56. The van der Waals surface area contributed by atoms with Gasteiger partial charge in [-0.2, -0.15) is 0 Å². The molecule has 0 radical (unpaired) electrons. The van der Waals surface area contributed by atoms with Gasteiger partial charge >= 0.3 is 0 Å². The lowest BCUT2D eigenvalue weighted by molar-refractivity contribution is 0.0686. The maximum atomic E-state index is 12.3. The summed E-state index contributed by atoms with van der Waals surface area (Å²) in [6, 6.07) is 2.26. The number of likely N-dealkylation sites (tertiary alicyclic amines) is 1. The number of carbonyl (C=O) groups excluding carboxylic acids is 1. The maximum Gasteiger partial charge on any atom is 0.263 e. The van der Waals surface area contributed by atoms with E-state index in [0.29, 0.717) is 5.92 Å². The van der Waals surface area contributed by atoms with Gasteiger partial charge in [0.05, 0.1) is 4.88 Å². The maximum absolute atomic E-state index is 12.3. The summed E-state index contributed by atoms with van der Waals surface area (Å²) in [6.45, 7) is 7.89. The van der Waals surface area contributed by atoms with Crippen molar-refractivity contribution in [1.29, 1.82) is 0 Å². The number of piperidine rings is 1. The highest BCUT2D eigenvalue weighted by Crippen LogP contribution is 2.25. The highest BCUT2D eigenvalue weighted by atomic mass is 32.1. The van der Waals surface area contributed by atoms with E-state index in [2.05, 4.69) is 20.8 Å². The molecule has 1 saturated heterocycles. The van der Waals surface area contributed by atoms with Gasteiger partial charge in [-0.05, 0) is 51.2 Å². The Morgan fingerprint density at radius 1 is 1.44 bits per heavy atom. The zero-order valence-corrected chi connectivity index (χ0v) is 12.2. The monoisotopic (exact) mass is 266 g/mol. The smallest absolute Gasteiger partial charge is 0.263 e. The molecular formula is C14H22N2OS. The average molecular weight is 266 g/mol. The summed E-state index contributed by atoms with van der Waals surface area (Å²) in [7, 11) is 0. The zero-order chi connectivity index (χ0) is 13.3. The Labute approximate surface area is 113 Å². The molecule has 1 aliphatic rings. The summed E-state index contributed by atoms with van der Waals surface area (Å²) in [5, 5.41) is 0. The Balaban J connectivity index is 1.99. The fourth-order valence-electron chi connectivity index (χ4n) is 2.46. The van der Waals surface area contributed by atoms with E-state index in [-0.39, 0.29) is 11.9 Å². The molecule has 2 heterocycles. The second-order valence-electron chi connectivity index (χ2n) is 5.34. The number of thiophene rings is 1. The Hall–Kier alpha value is -0.870. The van der Waals surface area contributed by atoms with Crippen molar-refractivity contribution in [2.75, 3.05) is 13.1 Å². The van der Waals surface area contributed by atoms with Crippen LogP contribution >= 0.6 is 11.3 Å². The van der Waals surface area contributed by atoms with E-state index in [1.807, 2.05) is 11.0 Å². The van der Waals surface area contributed by atoms with Gasteiger partial charge in [0.2, 0.25) is 0 Å². The largest absolute Gasteiger partial charge is 0.338 e. The number of nitrogens with two attached hydrogens (primary N) is 1. The number of rotatable bonds is 2. The fourth-order valence-corrected chi connectivity index (χ4v) is 3.46. The molecule has 0 aliphatic carbocycles. The second-order valence-corrected chi connectivity index (χ2v) is 6.59. The van der Waals surface area contributed by atoms with Gasteiger partial charge in [-0.15, -0.1) is 11.3 Å². The predicted molar refractivity (Wildman–Crippen MR) is 76.1 cm³/mol. The number of carbonyl (C=O) groups is 1. The Morgan fingerprint density at radius 2 is 2.06 bits per heavy atom. The number of hydrogen-bond acceptors (Lipinski definition) is 3. The van der Waals surface area contributed by atoms with Crippen LogP contribution in [0.3, 0.4) is 0 Å². The van der Waals surface area contributed by atoms with Crippen LogP contribution in [0.1, 0.15) is 39.9 Å². The van der Waals surface area contributed by atoms with Crippen molar-refractivity contribution in [2.24, 2.45) is 11.7 Å². The summed E-state index contributed by atoms with van der Waals surface area (Å²) < 4.78 is 0. The van der Waals surface area contributed by atoms with Crippen molar-refractivity contribution in [3.63, 3.8) is 0 Å². The fraction of sp³-hybridized carbons (Fsp3) is 0.643. The molecule has 1 fully saturated rings. The normalized spacial score (nSPS) is 19.0. The summed E-state index contributed by atoms with van der Waals surface area (Å²) in [6.07, 6.45) is 2.07. The summed E-state index contributed by atoms with van der Waals surface area (Å²) in [4.78, 5) is 16.4. The van der Waals surface area contributed by atoms with Crippen LogP contribution in [0.4, 0.5) is 0 Å². The second kappa shape index (κ2) is 5.41. The van der Waals surface area contributed by atoms with E-state index in [1.54, 1.807) is 11.3 Å². The molecule has 100 valence electrons.